The number of carboxylic acid groups (broad SMARTS) is 1. The predicted molar refractivity (Wildman–Crippen MR) is 67.7 cm³/mol. The lowest BCUT2D eigenvalue weighted by atomic mass is 10.2. The minimum atomic E-state index is -1.28. The van der Waals surface area contributed by atoms with E-state index in [1.54, 1.807) is 0 Å². The molecule has 1 heterocycles. The van der Waals surface area contributed by atoms with Gasteiger partial charge in [0.15, 0.2) is 5.69 Å². The molecule has 8 heteroatoms. The topological polar surface area (TPSA) is 105 Å². The van der Waals surface area contributed by atoms with E-state index in [0.29, 0.717) is 10.6 Å². The normalized spacial score (nSPS) is 10.2. The van der Waals surface area contributed by atoms with E-state index in [9.17, 15) is 14.0 Å². The number of nitrogens with two attached hydrogens (primary N) is 1. The van der Waals surface area contributed by atoms with Gasteiger partial charge in [0.05, 0.1) is 0 Å². The van der Waals surface area contributed by atoms with E-state index in [-0.39, 0.29) is 10.7 Å². The Morgan fingerprint density at radius 3 is 2.47 bits per heavy atom. The molecule has 0 atom stereocenters. The number of amides is 2. The van der Waals surface area contributed by atoms with Crippen LogP contribution >= 0.6 is 11.3 Å². The molecule has 2 rings (SSSR count). The molecule has 0 spiro atoms. The number of carboxylic acids is 1. The monoisotopic (exact) mass is 281 g/mol. The Labute approximate surface area is 110 Å². The van der Waals surface area contributed by atoms with Gasteiger partial charge in [0.2, 0.25) is 0 Å². The minimum absolute atomic E-state index is 0.0410. The predicted octanol–water partition coefficient (Wildman–Crippen LogP) is 2.14. The summed E-state index contributed by atoms with van der Waals surface area (Å²) in [6.45, 7) is 0. The Bertz CT molecular complexity index is 639. The zero-order chi connectivity index (χ0) is 14.0. The number of urea groups is 1. The van der Waals surface area contributed by atoms with Crippen molar-refractivity contribution in [3.8, 4) is 10.6 Å². The molecule has 0 saturated heterocycles. The molecule has 1 aromatic heterocycles. The number of benzene rings is 1. The average Bonchev–Trinajstić information content (AvgIpc) is 2.73. The van der Waals surface area contributed by atoms with Gasteiger partial charge in [-0.15, -0.1) is 0 Å². The van der Waals surface area contributed by atoms with E-state index < -0.39 is 17.8 Å². The van der Waals surface area contributed by atoms with Crippen LogP contribution in [0.4, 0.5) is 14.2 Å². The van der Waals surface area contributed by atoms with Crippen LogP contribution in [-0.4, -0.2) is 22.1 Å². The SMILES string of the molecule is NC(=O)Nc1sc(-c2ccc(F)cc2)nc1C(=O)O. The van der Waals surface area contributed by atoms with E-state index in [0.717, 1.165) is 11.3 Å². The van der Waals surface area contributed by atoms with Crippen LogP contribution in [0.3, 0.4) is 0 Å². The van der Waals surface area contributed by atoms with E-state index in [4.69, 9.17) is 10.8 Å². The lowest BCUT2D eigenvalue weighted by Crippen LogP contribution is -2.20. The highest BCUT2D eigenvalue weighted by atomic mass is 32.1. The molecule has 0 unspecified atom stereocenters. The summed E-state index contributed by atoms with van der Waals surface area (Å²) in [4.78, 5) is 25.7. The molecule has 0 bridgehead atoms. The molecular formula is C11H8FN3O3S. The molecule has 0 aliphatic carbocycles. The van der Waals surface area contributed by atoms with Crippen LogP contribution < -0.4 is 11.1 Å². The first kappa shape index (κ1) is 13.0. The van der Waals surface area contributed by atoms with E-state index >= 15 is 0 Å². The number of hydrogen-bond acceptors (Lipinski definition) is 4. The van der Waals surface area contributed by atoms with Crippen molar-refractivity contribution in [3.05, 3.63) is 35.8 Å². The zero-order valence-corrected chi connectivity index (χ0v) is 10.2. The Balaban J connectivity index is 2.45. The van der Waals surface area contributed by atoms with Crippen molar-refractivity contribution in [1.82, 2.24) is 4.98 Å². The summed E-state index contributed by atoms with van der Waals surface area (Å²) in [5.74, 6) is -1.69. The first-order valence-corrected chi connectivity index (χ1v) is 5.85. The maximum absolute atomic E-state index is 12.8. The average molecular weight is 281 g/mol. The zero-order valence-electron chi connectivity index (χ0n) is 9.38. The van der Waals surface area contributed by atoms with Gasteiger partial charge >= 0.3 is 12.0 Å². The van der Waals surface area contributed by atoms with Crippen LogP contribution in [-0.2, 0) is 0 Å². The molecule has 0 radical (unpaired) electrons. The van der Waals surface area contributed by atoms with E-state index in [1.165, 1.54) is 24.3 Å². The van der Waals surface area contributed by atoms with Gasteiger partial charge < -0.3 is 10.8 Å². The van der Waals surface area contributed by atoms with Gasteiger partial charge in [-0.1, -0.05) is 11.3 Å². The number of rotatable bonds is 3. The summed E-state index contributed by atoms with van der Waals surface area (Å²) in [6.07, 6.45) is 0. The number of aromatic carboxylic acids is 1. The number of hydrogen-bond donors (Lipinski definition) is 3. The van der Waals surface area contributed by atoms with Gasteiger partial charge in [-0.05, 0) is 24.3 Å². The summed E-state index contributed by atoms with van der Waals surface area (Å²) in [7, 11) is 0. The van der Waals surface area contributed by atoms with Crippen molar-refractivity contribution in [1.29, 1.82) is 0 Å². The van der Waals surface area contributed by atoms with Gasteiger partial charge in [0, 0.05) is 5.56 Å². The fourth-order valence-electron chi connectivity index (χ4n) is 1.38. The summed E-state index contributed by atoms with van der Waals surface area (Å²) < 4.78 is 12.8. The number of anilines is 1. The van der Waals surface area contributed by atoms with Crippen LogP contribution in [0, 0.1) is 5.82 Å². The number of aromatic nitrogens is 1. The van der Waals surface area contributed by atoms with Crippen molar-refractivity contribution in [3.63, 3.8) is 0 Å². The number of carbonyl (C=O) groups is 2. The van der Waals surface area contributed by atoms with Gasteiger partial charge in [-0.2, -0.15) is 0 Å². The van der Waals surface area contributed by atoms with E-state index in [1.807, 2.05) is 0 Å². The third kappa shape index (κ3) is 2.86. The molecule has 1 aromatic carbocycles. The summed E-state index contributed by atoms with van der Waals surface area (Å²) in [6, 6.07) is 4.52. The number of primary amides is 1. The summed E-state index contributed by atoms with van der Waals surface area (Å²) in [5, 5.41) is 11.6. The first-order valence-electron chi connectivity index (χ1n) is 5.04. The van der Waals surface area contributed by atoms with Crippen LogP contribution in [0.5, 0.6) is 0 Å². The number of nitrogens with zero attached hydrogens (tertiary/aromatic N) is 1. The maximum Gasteiger partial charge on any atom is 0.357 e. The lowest BCUT2D eigenvalue weighted by Gasteiger charge is -1.96. The van der Waals surface area contributed by atoms with Crippen LogP contribution in [0.25, 0.3) is 10.6 Å². The molecule has 0 aliphatic rings. The number of nitrogens with one attached hydrogen (secondary N) is 1. The molecule has 4 N–H and O–H groups in total. The highest BCUT2D eigenvalue weighted by Crippen LogP contribution is 2.32. The fraction of sp³-hybridized carbons (Fsp3) is 0. The second kappa shape index (κ2) is 5.02. The molecule has 2 aromatic rings. The largest absolute Gasteiger partial charge is 0.476 e. The quantitative estimate of drug-likeness (QED) is 0.801. The standard InChI is InChI=1S/C11H8FN3O3S/c12-6-3-1-5(2-4-6)8-14-7(10(16)17)9(19-8)15-11(13)18/h1-4H,(H,16,17)(H3,13,15,18). The molecule has 98 valence electrons. The molecule has 0 saturated carbocycles. The Kier molecular flexibility index (Phi) is 3.43. The fourth-order valence-corrected chi connectivity index (χ4v) is 2.34. The van der Waals surface area contributed by atoms with Crippen LogP contribution in [0.15, 0.2) is 24.3 Å². The molecule has 0 aliphatic heterocycles. The lowest BCUT2D eigenvalue weighted by molar-refractivity contribution is 0.0692. The molecule has 6 nitrogen and oxygen atoms in total. The smallest absolute Gasteiger partial charge is 0.357 e. The number of thiazole rings is 1. The molecule has 19 heavy (non-hydrogen) atoms. The summed E-state index contributed by atoms with van der Waals surface area (Å²) in [5.41, 5.74) is 5.19. The highest BCUT2D eigenvalue weighted by molar-refractivity contribution is 7.19. The van der Waals surface area contributed by atoms with Gasteiger partial charge in [0.1, 0.15) is 15.8 Å². The maximum atomic E-state index is 12.8. The third-order valence-corrected chi connectivity index (χ3v) is 3.18. The van der Waals surface area contributed by atoms with Crippen molar-refractivity contribution < 1.29 is 19.1 Å². The van der Waals surface area contributed by atoms with Crippen molar-refractivity contribution in [2.45, 2.75) is 0 Å². The Hall–Kier alpha value is -2.48. The van der Waals surface area contributed by atoms with Gasteiger partial charge in [-0.25, -0.2) is 19.0 Å². The Morgan fingerprint density at radius 2 is 1.95 bits per heavy atom. The molecular weight excluding hydrogens is 273 g/mol. The van der Waals surface area contributed by atoms with Crippen LogP contribution in [0.2, 0.25) is 0 Å². The molecule has 2 amide bonds. The number of halogens is 1. The Morgan fingerprint density at radius 1 is 1.32 bits per heavy atom. The second-order valence-corrected chi connectivity index (χ2v) is 4.50. The number of carbonyl (C=O) groups excluding carboxylic acids is 1. The summed E-state index contributed by atoms with van der Waals surface area (Å²) >= 11 is 0.949. The van der Waals surface area contributed by atoms with Gasteiger partial charge in [0.25, 0.3) is 0 Å². The first-order chi connectivity index (χ1) is 8.97. The minimum Gasteiger partial charge on any atom is -0.476 e. The molecule has 0 fully saturated rings. The van der Waals surface area contributed by atoms with Crippen LogP contribution in [0.1, 0.15) is 10.5 Å². The van der Waals surface area contributed by atoms with E-state index in [2.05, 4.69) is 10.3 Å². The second-order valence-electron chi connectivity index (χ2n) is 3.50. The van der Waals surface area contributed by atoms with Crippen molar-refractivity contribution in [2.24, 2.45) is 5.73 Å². The highest BCUT2D eigenvalue weighted by Gasteiger charge is 2.19. The van der Waals surface area contributed by atoms with Crippen molar-refractivity contribution in [2.75, 3.05) is 5.32 Å². The third-order valence-electron chi connectivity index (χ3n) is 2.16. The van der Waals surface area contributed by atoms with Crippen molar-refractivity contribution >= 4 is 28.3 Å². The van der Waals surface area contributed by atoms with Gasteiger partial charge in [-0.3, -0.25) is 5.32 Å².